The second-order valence-electron chi connectivity index (χ2n) is 5.94. The number of benzene rings is 1. The number of aromatic nitrogens is 2. The molecule has 0 unspecified atom stereocenters. The Hall–Kier alpha value is -2.67. The van der Waals surface area contributed by atoms with Gasteiger partial charge in [-0.15, -0.1) is 0 Å². The highest BCUT2D eigenvalue weighted by Crippen LogP contribution is 2.17. The normalized spacial score (nSPS) is 15.0. The smallest absolute Gasteiger partial charge is 0.274 e. The first-order chi connectivity index (χ1) is 12.2. The molecule has 0 spiro atoms. The molecule has 1 aromatic heterocycles. The number of nitrogens with one attached hydrogen (secondary N) is 1. The number of hydrogen-bond acceptors (Lipinski definition) is 6. The Morgan fingerprint density at radius 2 is 1.88 bits per heavy atom. The van der Waals surface area contributed by atoms with Crippen LogP contribution in [0.25, 0.3) is 0 Å². The Bertz CT molecular complexity index is 712. The molecule has 1 aliphatic rings. The predicted octanol–water partition coefficient (Wildman–Crippen LogP) is 1.88. The van der Waals surface area contributed by atoms with Crippen LogP contribution in [0, 0.1) is 0 Å². The highest BCUT2D eigenvalue weighted by Gasteiger charge is 2.18. The third-order valence-corrected chi connectivity index (χ3v) is 4.08. The van der Waals surface area contributed by atoms with E-state index in [1.165, 1.54) is 0 Å². The average molecular weight is 341 g/mol. The lowest BCUT2D eigenvalue weighted by Gasteiger charge is -2.32. The molecule has 2 aromatic rings. The monoisotopic (exact) mass is 341 g/mol. The molecule has 1 aliphatic heterocycles. The lowest BCUT2D eigenvalue weighted by molar-refractivity contribution is 0.102. The van der Waals surface area contributed by atoms with Crippen molar-refractivity contribution in [3.63, 3.8) is 0 Å². The van der Waals surface area contributed by atoms with E-state index in [9.17, 15) is 4.79 Å². The molecule has 1 N–H and O–H groups in total. The number of rotatable bonds is 5. The van der Waals surface area contributed by atoms with Crippen molar-refractivity contribution >= 4 is 17.5 Å². The maximum absolute atomic E-state index is 12.5. The highest BCUT2D eigenvalue weighted by molar-refractivity contribution is 6.03. The third-order valence-electron chi connectivity index (χ3n) is 4.08. The maximum atomic E-state index is 12.5. The standard InChI is InChI=1S/C18H23N5O2/c1-3-25-15-6-4-14(5-7-15)20-17(24)16-8-9-19-18(21-16)23-12-10-22(2)11-13-23/h4-9H,3,10-13H2,1-2H3,(H,20,24). The molecule has 0 bridgehead atoms. The summed E-state index contributed by atoms with van der Waals surface area (Å²) in [7, 11) is 2.10. The molecule has 2 heterocycles. The fraction of sp³-hybridized carbons (Fsp3) is 0.389. The van der Waals surface area contributed by atoms with Crippen LogP contribution in [-0.4, -0.2) is 60.6 Å². The first kappa shape index (κ1) is 17.2. The number of carbonyl (C=O) groups excluding carboxylic acids is 1. The Morgan fingerprint density at radius 1 is 1.16 bits per heavy atom. The van der Waals surface area contributed by atoms with Crippen molar-refractivity contribution < 1.29 is 9.53 Å². The van der Waals surface area contributed by atoms with Crippen molar-refractivity contribution in [2.75, 3.05) is 50.1 Å². The molecule has 1 fully saturated rings. The summed E-state index contributed by atoms with van der Waals surface area (Å²) in [5, 5.41) is 2.85. The number of hydrogen-bond donors (Lipinski definition) is 1. The first-order valence-corrected chi connectivity index (χ1v) is 8.46. The van der Waals surface area contributed by atoms with Crippen LogP contribution in [0.3, 0.4) is 0 Å². The SMILES string of the molecule is CCOc1ccc(NC(=O)c2ccnc(N3CCN(C)CC3)n2)cc1. The topological polar surface area (TPSA) is 70.6 Å². The van der Waals surface area contributed by atoms with E-state index in [-0.39, 0.29) is 5.91 Å². The molecule has 7 nitrogen and oxygen atoms in total. The van der Waals surface area contributed by atoms with Gasteiger partial charge in [-0.1, -0.05) is 0 Å². The van der Waals surface area contributed by atoms with E-state index in [0.29, 0.717) is 23.9 Å². The summed E-state index contributed by atoms with van der Waals surface area (Å²) in [4.78, 5) is 25.6. The predicted molar refractivity (Wildman–Crippen MR) is 97.3 cm³/mol. The lowest BCUT2D eigenvalue weighted by Crippen LogP contribution is -2.45. The Morgan fingerprint density at radius 3 is 2.56 bits per heavy atom. The Labute approximate surface area is 147 Å². The van der Waals surface area contributed by atoms with Gasteiger partial charge in [0.1, 0.15) is 11.4 Å². The van der Waals surface area contributed by atoms with Gasteiger partial charge in [-0.2, -0.15) is 0 Å². The van der Waals surface area contributed by atoms with Gasteiger partial charge in [-0.05, 0) is 44.3 Å². The molecule has 0 aliphatic carbocycles. The van der Waals surface area contributed by atoms with Gasteiger partial charge in [0.25, 0.3) is 5.91 Å². The van der Waals surface area contributed by atoms with E-state index in [1.807, 2.05) is 31.2 Å². The number of amides is 1. The number of ether oxygens (including phenoxy) is 1. The Balaban J connectivity index is 1.66. The fourth-order valence-electron chi connectivity index (χ4n) is 2.63. The van der Waals surface area contributed by atoms with Crippen LogP contribution >= 0.6 is 0 Å². The first-order valence-electron chi connectivity index (χ1n) is 8.46. The van der Waals surface area contributed by atoms with E-state index >= 15 is 0 Å². The summed E-state index contributed by atoms with van der Waals surface area (Å²) in [6, 6.07) is 8.91. The van der Waals surface area contributed by atoms with E-state index < -0.39 is 0 Å². The molecule has 25 heavy (non-hydrogen) atoms. The zero-order chi connectivity index (χ0) is 17.6. The highest BCUT2D eigenvalue weighted by atomic mass is 16.5. The molecule has 1 aromatic carbocycles. The van der Waals surface area contributed by atoms with Crippen LogP contribution in [-0.2, 0) is 0 Å². The van der Waals surface area contributed by atoms with Crippen LogP contribution in [0.1, 0.15) is 17.4 Å². The van der Waals surface area contributed by atoms with Crippen molar-refractivity contribution in [3.8, 4) is 5.75 Å². The van der Waals surface area contributed by atoms with Crippen LogP contribution in [0.4, 0.5) is 11.6 Å². The average Bonchev–Trinajstić information content (AvgIpc) is 2.64. The van der Waals surface area contributed by atoms with Crippen molar-refractivity contribution in [3.05, 3.63) is 42.2 Å². The number of anilines is 2. The molecule has 3 rings (SSSR count). The molecule has 1 saturated heterocycles. The van der Waals surface area contributed by atoms with Crippen LogP contribution in [0.5, 0.6) is 5.75 Å². The zero-order valence-corrected chi connectivity index (χ0v) is 14.6. The largest absolute Gasteiger partial charge is 0.494 e. The van der Waals surface area contributed by atoms with Crippen LogP contribution in [0.15, 0.2) is 36.5 Å². The van der Waals surface area contributed by atoms with Crippen molar-refractivity contribution in [2.45, 2.75) is 6.92 Å². The molecule has 132 valence electrons. The number of carbonyl (C=O) groups is 1. The van der Waals surface area contributed by atoms with Gasteiger partial charge in [0.2, 0.25) is 5.95 Å². The number of piperazine rings is 1. The van der Waals surface area contributed by atoms with Crippen LogP contribution in [0.2, 0.25) is 0 Å². The van der Waals surface area contributed by atoms with E-state index in [4.69, 9.17) is 4.74 Å². The van der Waals surface area contributed by atoms with Gasteiger partial charge >= 0.3 is 0 Å². The second kappa shape index (κ2) is 7.94. The van der Waals surface area contributed by atoms with Gasteiger partial charge in [0, 0.05) is 38.1 Å². The minimum Gasteiger partial charge on any atom is -0.494 e. The van der Waals surface area contributed by atoms with Gasteiger partial charge in [0.05, 0.1) is 6.61 Å². The molecule has 0 radical (unpaired) electrons. The van der Waals surface area contributed by atoms with E-state index in [0.717, 1.165) is 31.9 Å². The molecular formula is C18H23N5O2. The summed E-state index contributed by atoms with van der Waals surface area (Å²) < 4.78 is 5.40. The second-order valence-corrected chi connectivity index (χ2v) is 5.94. The summed E-state index contributed by atoms with van der Waals surface area (Å²) in [5.41, 5.74) is 1.06. The van der Waals surface area contributed by atoms with Gasteiger partial charge in [0.15, 0.2) is 0 Å². The number of nitrogens with zero attached hydrogens (tertiary/aromatic N) is 4. The molecule has 0 saturated carbocycles. The summed E-state index contributed by atoms with van der Waals surface area (Å²) in [6.45, 7) is 6.20. The van der Waals surface area contributed by atoms with Crippen LogP contribution < -0.4 is 15.0 Å². The van der Waals surface area contributed by atoms with Crippen molar-refractivity contribution in [1.29, 1.82) is 0 Å². The summed E-state index contributed by atoms with van der Waals surface area (Å²) in [5.74, 6) is 1.13. The maximum Gasteiger partial charge on any atom is 0.274 e. The minimum absolute atomic E-state index is 0.248. The number of likely N-dealkylation sites (N-methyl/N-ethyl adjacent to an activating group) is 1. The van der Waals surface area contributed by atoms with E-state index in [2.05, 4.69) is 32.1 Å². The van der Waals surface area contributed by atoms with Crippen molar-refractivity contribution in [1.82, 2.24) is 14.9 Å². The molecule has 0 atom stereocenters. The van der Waals surface area contributed by atoms with Gasteiger partial charge in [-0.25, -0.2) is 9.97 Å². The summed E-state index contributed by atoms with van der Waals surface area (Å²) >= 11 is 0. The van der Waals surface area contributed by atoms with Crippen molar-refractivity contribution in [2.24, 2.45) is 0 Å². The lowest BCUT2D eigenvalue weighted by atomic mass is 10.3. The summed E-state index contributed by atoms with van der Waals surface area (Å²) in [6.07, 6.45) is 1.63. The minimum atomic E-state index is -0.248. The van der Waals surface area contributed by atoms with Gasteiger partial charge < -0.3 is 19.9 Å². The molecule has 7 heteroatoms. The third kappa shape index (κ3) is 4.45. The molecular weight excluding hydrogens is 318 g/mol. The quantitative estimate of drug-likeness (QED) is 0.895. The van der Waals surface area contributed by atoms with Gasteiger partial charge in [-0.3, -0.25) is 4.79 Å². The fourth-order valence-corrected chi connectivity index (χ4v) is 2.63. The zero-order valence-electron chi connectivity index (χ0n) is 14.6. The molecule has 1 amide bonds. The Kier molecular flexibility index (Phi) is 5.45. The van der Waals surface area contributed by atoms with E-state index in [1.54, 1.807) is 12.3 Å².